The molecule has 4 heterocycles. The summed E-state index contributed by atoms with van der Waals surface area (Å²) < 4.78 is 62.0. The van der Waals surface area contributed by atoms with E-state index in [0.29, 0.717) is 47.3 Å². The molecule has 2 aliphatic rings. The number of benzene rings is 3. The number of ether oxygens (including phenoxy) is 3. The van der Waals surface area contributed by atoms with Gasteiger partial charge in [-0.05, 0) is 73.0 Å². The van der Waals surface area contributed by atoms with Crippen LogP contribution in [0.1, 0.15) is 40.8 Å². The van der Waals surface area contributed by atoms with E-state index in [1.54, 1.807) is 32.7 Å². The van der Waals surface area contributed by atoms with Crippen LogP contribution in [-0.4, -0.2) is 35.8 Å². The summed E-state index contributed by atoms with van der Waals surface area (Å²) in [7, 11) is 3.17. The van der Waals surface area contributed by atoms with Crippen molar-refractivity contribution in [3.05, 3.63) is 135 Å². The third-order valence-electron chi connectivity index (χ3n) is 9.47. The van der Waals surface area contributed by atoms with Crippen LogP contribution in [0.3, 0.4) is 0 Å². The van der Waals surface area contributed by atoms with Crippen molar-refractivity contribution in [3.63, 3.8) is 0 Å². The molecule has 5 aromatic rings. The fourth-order valence-corrected chi connectivity index (χ4v) is 7.05. The van der Waals surface area contributed by atoms with Crippen molar-refractivity contribution < 1.29 is 27.4 Å². The zero-order valence-electron chi connectivity index (χ0n) is 29.9. The molecule has 2 aromatic heterocycles. The molecular weight excluding hydrogens is 719 g/mol. The van der Waals surface area contributed by atoms with E-state index in [1.165, 1.54) is 25.3 Å². The van der Waals surface area contributed by atoms with E-state index in [4.69, 9.17) is 36.5 Å². The Labute approximate surface area is 315 Å². The molecule has 0 saturated carbocycles. The summed E-state index contributed by atoms with van der Waals surface area (Å²) in [4.78, 5) is 17.5. The van der Waals surface area contributed by atoms with E-state index < -0.39 is 11.7 Å². The summed E-state index contributed by atoms with van der Waals surface area (Å²) in [5, 5.41) is 4.09. The molecule has 14 heteroatoms. The largest absolute Gasteiger partial charge is 0.497 e. The van der Waals surface area contributed by atoms with Crippen LogP contribution in [0.15, 0.2) is 96.4 Å². The van der Waals surface area contributed by atoms with Crippen LogP contribution >= 0.6 is 11.6 Å². The van der Waals surface area contributed by atoms with E-state index in [2.05, 4.69) is 15.3 Å². The quantitative estimate of drug-likeness (QED) is 0.154. The third kappa shape index (κ3) is 7.06. The predicted molar refractivity (Wildman–Crippen MR) is 201 cm³/mol. The van der Waals surface area contributed by atoms with E-state index in [-0.39, 0.29) is 45.7 Å². The number of nitrogens with one attached hydrogen (secondary N) is 1. The van der Waals surface area contributed by atoms with Gasteiger partial charge in [-0.3, -0.25) is 4.99 Å². The lowest BCUT2D eigenvalue weighted by Gasteiger charge is -2.31. The summed E-state index contributed by atoms with van der Waals surface area (Å²) in [5.74, 6) is 2.92. The summed E-state index contributed by atoms with van der Waals surface area (Å²) in [6, 6.07) is 21.3. The molecule has 10 nitrogen and oxygen atoms in total. The minimum absolute atomic E-state index is 0.0122. The molecule has 0 spiro atoms. The van der Waals surface area contributed by atoms with Gasteiger partial charge in [0.05, 0.1) is 47.1 Å². The molecule has 0 amide bonds. The van der Waals surface area contributed by atoms with Crippen molar-refractivity contribution in [2.75, 3.05) is 31.5 Å². The van der Waals surface area contributed by atoms with Gasteiger partial charge < -0.3 is 35.1 Å². The average molecular weight is 756 g/mol. The van der Waals surface area contributed by atoms with Gasteiger partial charge in [0.1, 0.15) is 47.6 Å². The number of anilines is 2. The van der Waals surface area contributed by atoms with Crippen molar-refractivity contribution >= 4 is 29.1 Å². The van der Waals surface area contributed by atoms with E-state index in [0.717, 1.165) is 16.7 Å². The molecule has 7 rings (SSSR count). The zero-order chi connectivity index (χ0) is 38.1. The van der Waals surface area contributed by atoms with E-state index in [9.17, 15) is 0 Å². The van der Waals surface area contributed by atoms with Gasteiger partial charge >= 0.3 is 6.18 Å². The normalized spacial score (nSPS) is 13.9. The topological polar surface area (TPSA) is 110 Å². The van der Waals surface area contributed by atoms with E-state index >= 15 is 13.2 Å². The second-order valence-corrected chi connectivity index (χ2v) is 13.2. The first-order valence-corrected chi connectivity index (χ1v) is 17.4. The van der Waals surface area contributed by atoms with Crippen molar-refractivity contribution in [2.45, 2.75) is 39.2 Å². The lowest BCUT2D eigenvalue weighted by atomic mass is 9.99. The lowest BCUT2D eigenvalue weighted by molar-refractivity contribution is -0.137. The summed E-state index contributed by atoms with van der Waals surface area (Å²) >= 11 is 7.12. The Bertz CT molecular complexity index is 2300. The van der Waals surface area contributed by atoms with E-state index in [1.807, 2.05) is 71.3 Å². The van der Waals surface area contributed by atoms with Gasteiger partial charge in [0.2, 0.25) is 0 Å². The minimum Gasteiger partial charge on any atom is -0.497 e. The van der Waals surface area contributed by atoms with Crippen LogP contribution in [0.25, 0.3) is 17.1 Å². The van der Waals surface area contributed by atoms with Crippen LogP contribution in [0, 0.1) is 6.92 Å². The van der Waals surface area contributed by atoms with Crippen molar-refractivity contribution in [2.24, 2.45) is 4.99 Å². The number of nitrogen functional groups attached to an aromatic ring is 1. The van der Waals surface area contributed by atoms with Crippen LogP contribution < -0.4 is 40.7 Å². The van der Waals surface area contributed by atoms with Crippen LogP contribution in [0.2, 0.25) is 5.02 Å². The smallest absolute Gasteiger partial charge is 0.418 e. The number of aryl methyl sites for hydroxylation is 1. The SMILES string of the molecule is COc1ccc(CN(Cc2ccc(OC)cc2)c2cc(C)c(C(F)(F)F)c(-c3cc4c5c(c3Cl)=NCNC=5N(C(C)c3cccnc3N)C=CO4)n2)cc1. The van der Waals surface area contributed by atoms with Crippen LogP contribution in [-0.2, 0) is 19.3 Å². The summed E-state index contributed by atoms with van der Waals surface area (Å²) in [6.45, 7) is 4.16. The highest BCUT2D eigenvalue weighted by molar-refractivity contribution is 6.33. The molecule has 0 aliphatic carbocycles. The molecule has 54 heavy (non-hydrogen) atoms. The van der Waals surface area contributed by atoms with Gasteiger partial charge in [0.15, 0.2) is 0 Å². The molecule has 3 aromatic carbocycles. The highest BCUT2D eigenvalue weighted by atomic mass is 35.5. The zero-order valence-corrected chi connectivity index (χ0v) is 30.7. The Balaban J connectivity index is 1.40. The fourth-order valence-electron chi connectivity index (χ4n) is 6.76. The van der Waals surface area contributed by atoms with Gasteiger partial charge in [0.25, 0.3) is 0 Å². The molecule has 1 unspecified atom stereocenters. The monoisotopic (exact) mass is 755 g/mol. The second-order valence-electron chi connectivity index (χ2n) is 12.8. The molecule has 1 atom stereocenters. The molecule has 2 aliphatic heterocycles. The number of nitrogens with zero attached hydrogens (tertiary/aromatic N) is 5. The lowest BCUT2D eigenvalue weighted by Crippen LogP contribution is -2.44. The molecule has 278 valence electrons. The van der Waals surface area contributed by atoms with Gasteiger partial charge in [0, 0.05) is 36.6 Å². The van der Waals surface area contributed by atoms with Crippen molar-refractivity contribution in [1.82, 2.24) is 20.2 Å². The number of hydrogen-bond donors (Lipinski definition) is 2. The molecule has 3 N–H and O–H groups in total. The number of rotatable bonds is 10. The standard InChI is InChI=1S/C40H37ClF3N7O3/c1-23-18-32(50(20-25-7-11-27(52-3)12-8-25)21-26-9-13-28(53-4)14-10-26)49-36(34(23)40(42,43)44)30-19-31-33-37(35(30)41)47-22-48-39(33)51(16-17-54-31)24(2)29-6-5-15-46-38(29)45/h5-19,24,48H,20-22H2,1-4H3,(H2,45,46). The van der Waals surface area contributed by atoms with Crippen LogP contribution in [0.4, 0.5) is 24.8 Å². The molecule has 0 saturated heterocycles. The highest BCUT2D eigenvalue weighted by Crippen LogP contribution is 2.42. The number of pyridine rings is 2. The number of methoxy groups -OCH3 is 2. The maximum absolute atomic E-state index is 15.1. The second kappa shape index (κ2) is 14.8. The Kier molecular flexibility index (Phi) is 9.99. The van der Waals surface area contributed by atoms with Crippen LogP contribution in [0.5, 0.6) is 17.2 Å². The molecule has 0 radical (unpaired) electrons. The fraction of sp³-hybridized carbons (Fsp3) is 0.225. The number of aromatic nitrogens is 2. The number of halogens is 4. The first kappa shape index (κ1) is 36.4. The first-order valence-electron chi connectivity index (χ1n) is 17.0. The third-order valence-corrected chi connectivity index (χ3v) is 9.85. The molecule has 0 fully saturated rings. The van der Waals surface area contributed by atoms with Gasteiger partial charge in [-0.15, -0.1) is 0 Å². The summed E-state index contributed by atoms with van der Waals surface area (Å²) in [5.41, 5.74) is 7.58. The predicted octanol–water partition coefficient (Wildman–Crippen LogP) is 7.10. The average Bonchev–Trinajstić information content (AvgIpc) is 3.35. The number of alkyl halides is 3. The highest BCUT2D eigenvalue weighted by Gasteiger charge is 2.38. The molecular formula is C40H37ClF3N7O3. The van der Waals surface area contributed by atoms with Crippen molar-refractivity contribution in [1.29, 1.82) is 0 Å². The maximum Gasteiger partial charge on any atom is 0.418 e. The molecule has 0 bridgehead atoms. The number of nitrogens with two attached hydrogens (primary N) is 1. The minimum atomic E-state index is -4.76. The Hall–Kier alpha value is -5.95. The van der Waals surface area contributed by atoms with Gasteiger partial charge in [-0.25, -0.2) is 9.97 Å². The van der Waals surface area contributed by atoms with Gasteiger partial charge in [-0.1, -0.05) is 41.9 Å². The van der Waals surface area contributed by atoms with Gasteiger partial charge in [-0.2, -0.15) is 13.2 Å². The Morgan fingerprint density at radius 3 is 2.24 bits per heavy atom. The Morgan fingerprint density at radius 2 is 1.65 bits per heavy atom. The van der Waals surface area contributed by atoms with Crippen molar-refractivity contribution in [3.8, 4) is 28.5 Å². The Morgan fingerprint density at radius 1 is 1.00 bits per heavy atom. The first-order chi connectivity index (χ1) is 26.0. The number of hydrogen-bond acceptors (Lipinski definition) is 10. The summed E-state index contributed by atoms with van der Waals surface area (Å²) in [6.07, 6.45) is 0.0443. The maximum atomic E-state index is 15.1.